The molecule has 0 amide bonds. The van der Waals surface area contributed by atoms with Gasteiger partial charge in [-0.1, -0.05) is 102 Å². The Bertz CT molecular complexity index is 974. The van der Waals surface area contributed by atoms with Crippen LogP contribution in [0.15, 0.2) is 48.5 Å². The zero-order valence-electron chi connectivity index (χ0n) is 20.9. The van der Waals surface area contributed by atoms with Crippen LogP contribution in [0.3, 0.4) is 0 Å². The normalized spacial score (nSPS) is 13.6. The third-order valence-electron chi connectivity index (χ3n) is 6.85. The number of unbranched alkanes of at least 4 members (excludes halogenated alkanes) is 8. The van der Waals surface area contributed by atoms with Gasteiger partial charge in [0, 0.05) is 0 Å². The predicted molar refractivity (Wildman–Crippen MR) is 140 cm³/mol. The van der Waals surface area contributed by atoms with Crippen LogP contribution in [0.4, 0.5) is 0 Å². The zero-order valence-corrected chi connectivity index (χ0v) is 20.9. The summed E-state index contributed by atoms with van der Waals surface area (Å²) in [4.78, 5) is 3.96. The minimum Gasteiger partial charge on any atom is -0.178 e. The van der Waals surface area contributed by atoms with Gasteiger partial charge in [0.1, 0.15) is 22.1 Å². The van der Waals surface area contributed by atoms with Crippen molar-refractivity contribution >= 4 is 22.1 Å². The molecule has 2 aromatic carbocycles. The van der Waals surface area contributed by atoms with Crippen LogP contribution in [0, 0.1) is 0 Å². The molecule has 2 heterocycles. The van der Waals surface area contributed by atoms with E-state index in [2.05, 4.69) is 38.1 Å². The van der Waals surface area contributed by atoms with Crippen LogP contribution in [0.1, 0.15) is 103 Å². The van der Waals surface area contributed by atoms with E-state index in [9.17, 15) is 0 Å². The lowest BCUT2D eigenvalue weighted by Crippen LogP contribution is -2.27. The fourth-order valence-corrected chi connectivity index (χ4v) is 4.89. The SMILES string of the molecule is CCCCCCCC(C(CCCCCCC)n1nc2ccccc2n1)n1nc2ccccc2n1. The van der Waals surface area contributed by atoms with E-state index in [0.717, 1.165) is 34.9 Å². The maximum atomic E-state index is 4.92. The molecule has 2 aromatic heterocycles. The minimum atomic E-state index is 0.141. The second-order valence-electron chi connectivity index (χ2n) is 9.56. The number of nitrogens with zero attached hydrogens (tertiary/aromatic N) is 6. The lowest BCUT2D eigenvalue weighted by atomic mass is 9.96. The highest BCUT2D eigenvalue weighted by Gasteiger charge is 2.28. The van der Waals surface area contributed by atoms with Crippen molar-refractivity contribution in [2.24, 2.45) is 0 Å². The maximum Gasteiger partial charge on any atom is 0.113 e. The molecule has 0 aliphatic heterocycles. The topological polar surface area (TPSA) is 61.4 Å². The van der Waals surface area contributed by atoms with Crippen LogP contribution in [0.5, 0.6) is 0 Å². The smallest absolute Gasteiger partial charge is 0.113 e. The van der Waals surface area contributed by atoms with Gasteiger partial charge in [-0.25, -0.2) is 0 Å². The third-order valence-corrected chi connectivity index (χ3v) is 6.85. The van der Waals surface area contributed by atoms with Gasteiger partial charge in [-0.05, 0) is 37.1 Å². The summed E-state index contributed by atoms with van der Waals surface area (Å²) >= 11 is 0. The second kappa shape index (κ2) is 12.6. The van der Waals surface area contributed by atoms with Crippen molar-refractivity contribution in [3.8, 4) is 0 Å². The van der Waals surface area contributed by atoms with Crippen molar-refractivity contribution in [2.45, 2.75) is 103 Å². The Labute approximate surface area is 203 Å². The van der Waals surface area contributed by atoms with E-state index < -0.39 is 0 Å². The number of rotatable bonds is 15. The lowest BCUT2D eigenvalue weighted by molar-refractivity contribution is 0.211. The van der Waals surface area contributed by atoms with Crippen LogP contribution in [-0.2, 0) is 0 Å². The van der Waals surface area contributed by atoms with Gasteiger partial charge >= 0.3 is 0 Å². The molecule has 0 saturated heterocycles. The first kappa shape index (κ1) is 24.4. The molecule has 0 fully saturated rings. The highest BCUT2D eigenvalue weighted by Crippen LogP contribution is 2.33. The number of aromatic nitrogens is 6. The van der Waals surface area contributed by atoms with Gasteiger partial charge in [0.05, 0.1) is 12.1 Å². The average Bonchev–Trinajstić information content (AvgIpc) is 3.48. The van der Waals surface area contributed by atoms with E-state index in [0.29, 0.717) is 0 Å². The standard InChI is InChI=1S/C28H40N6/c1-3-5-7-9-11-21-27(33-29-23-17-13-14-18-24(23)30-33)28(22-12-10-8-6-4-2)34-31-25-19-15-16-20-26(25)32-34/h13-20,27-28H,3-12,21-22H2,1-2H3. The first-order valence-corrected chi connectivity index (χ1v) is 13.4. The number of benzene rings is 2. The molecule has 34 heavy (non-hydrogen) atoms. The van der Waals surface area contributed by atoms with E-state index in [1.807, 2.05) is 33.9 Å². The van der Waals surface area contributed by atoms with Crippen molar-refractivity contribution < 1.29 is 0 Å². The average molecular weight is 461 g/mol. The molecule has 2 unspecified atom stereocenters. The zero-order chi connectivity index (χ0) is 23.6. The van der Waals surface area contributed by atoms with Gasteiger partial charge in [0.15, 0.2) is 0 Å². The molecule has 0 saturated carbocycles. The molecule has 6 nitrogen and oxygen atoms in total. The van der Waals surface area contributed by atoms with Gasteiger partial charge in [0.2, 0.25) is 0 Å². The third kappa shape index (κ3) is 6.22. The highest BCUT2D eigenvalue weighted by molar-refractivity contribution is 5.73. The molecule has 0 spiro atoms. The largest absolute Gasteiger partial charge is 0.178 e. The van der Waals surface area contributed by atoms with E-state index in [4.69, 9.17) is 20.4 Å². The molecular weight excluding hydrogens is 420 g/mol. The van der Waals surface area contributed by atoms with Crippen LogP contribution >= 0.6 is 0 Å². The lowest BCUT2D eigenvalue weighted by Gasteiger charge is -2.26. The Morgan fingerprint density at radius 3 is 1.15 bits per heavy atom. The van der Waals surface area contributed by atoms with Crippen molar-refractivity contribution in [3.63, 3.8) is 0 Å². The molecular formula is C28H40N6. The quantitative estimate of drug-likeness (QED) is 0.171. The first-order chi connectivity index (χ1) is 16.8. The summed E-state index contributed by atoms with van der Waals surface area (Å²) in [5.74, 6) is 0. The molecule has 4 aromatic rings. The predicted octanol–water partition coefficient (Wildman–Crippen LogP) is 7.68. The van der Waals surface area contributed by atoms with Gasteiger partial charge < -0.3 is 0 Å². The van der Waals surface area contributed by atoms with Gasteiger partial charge in [-0.3, -0.25) is 0 Å². The van der Waals surface area contributed by atoms with E-state index in [-0.39, 0.29) is 12.1 Å². The van der Waals surface area contributed by atoms with Crippen molar-refractivity contribution in [1.29, 1.82) is 0 Å². The van der Waals surface area contributed by atoms with Crippen LogP contribution in [0.25, 0.3) is 22.1 Å². The van der Waals surface area contributed by atoms with Crippen LogP contribution in [0.2, 0.25) is 0 Å². The Balaban J connectivity index is 1.63. The minimum absolute atomic E-state index is 0.141. The summed E-state index contributed by atoms with van der Waals surface area (Å²) < 4.78 is 0. The summed E-state index contributed by atoms with van der Waals surface area (Å²) in [6.45, 7) is 4.54. The summed E-state index contributed by atoms with van der Waals surface area (Å²) in [5, 5.41) is 19.7. The molecule has 0 radical (unpaired) electrons. The summed E-state index contributed by atoms with van der Waals surface area (Å²) in [7, 11) is 0. The van der Waals surface area contributed by atoms with E-state index in [1.54, 1.807) is 0 Å². The molecule has 0 aliphatic rings. The molecule has 0 aliphatic carbocycles. The Morgan fingerprint density at radius 1 is 0.500 bits per heavy atom. The monoisotopic (exact) mass is 460 g/mol. The molecule has 0 bridgehead atoms. The number of hydrogen-bond acceptors (Lipinski definition) is 4. The van der Waals surface area contributed by atoms with Gasteiger partial charge in [-0.2, -0.15) is 30.0 Å². The molecule has 4 rings (SSSR count). The molecule has 6 heteroatoms. The Morgan fingerprint density at radius 2 is 0.824 bits per heavy atom. The second-order valence-corrected chi connectivity index (χ2v) is 9.56. The maximum absolute atomic E-state index is 4.92. The van der Waals surface area contributed by atoms with Gasteiger partial charge in [-0.15, -0.1) is 0 Å². The fraction of sp³-hybridized carbons (Fsp3) is 0.571. The highest BCUT2D eigenvalue weighted by atomic mass is 15.5. The van der Waals surface area contributed by atoms with E-state index >= 15 is 0 Å². The van der Waals surface area contributed by atoms with Crippen LogP contribution < -0.4 is 0 Å². The summed E-state index contributed by atoms with van der Waals surface area (Å²) in [5.41, 5.74) is 3.83. The first-order valence-electron chi connectivity index (χ1n) is 13.4. The summed E-state index contributed by atoms with van der Waals surface area (Å²) in [6, 6.07) is 16.6. The van der Waals surface area contributed by atoms with Gasteiger partial charge in [0.25, 0.3) is 0 Å². The Kier molecular flexibility index (Phi) is 9.05. The van der Waals surface area contributed by atoms with Crippen molar-refractivity contribution in [1.82, 2.24) is 30.0 Å². The number of fused-ring (bicyclic) bond motifs is 2. The Hall–Kier alpha value is -2.76. The van der Waals surface area contributed by atoms with Crippen LogP contribution in [-0.4, -0.2) is 30.0 Å². The molecule has 182 valence electrons. The molecule has 0 N–H and O–H groups in total. The van der Waals surface area contributed by atoms with Crippen molar-refractivity contribution in [3.05, 3.63) is 48.5 Å². The van der Waals surface area contributed by atoms with E-state index in [1.165, 1.54) is 64.2 Å². The summed E-state index contributed by atoms with van der Waals surface area (Å²) in [6.07, 6.45) is 14.7. The number of hydrogen-bond donors (Lipinski definition) is 0. The molecule has 2 atom stereocenters. The van der Waals surface area contributed by atoms with Crippen molar-refractivity contribution in [2.75, 3.05) is 0 Å². The fourth-order valence-electron chi connectivity index (χ4n) is 4.89.